The van der Waals surface area contributed by atoms with Crippen molar-refractivity contribution in [2.45, 2.75) is 25.9 Å². The molecule has 6 heteroatoms. The van der Waals surface area contributed by atoms with Gasteiger partial charge in [0.25, 0.3) is 0 Å². The van der Waals surface area contributed by atoms with Crippen LogP contribution in [0.3, 0.4) is 0 Å². The summed E-state index contributed by atoms with van der Waals surface area (Å²) < 4.78 is 8.00. The average Bonchev–Trinajstić information content (AvgIpc) is 2.69. The SMILES string of the molecule is COCC(C)(C)NCc1cnc2cnc(Br)cn12. The first kappa shape index (κ1) is 13.5. The second kappa shape index (κ2) is 5.34. The lowest BCUT2D eigenvalue weighted by atomic mass is 10.1. The summed E-state index contributed by atoms with van der Waals surface area (Å²) in [5.41, 5.74) is 1.88. The lowest BCUT2D eigenvalue weighted by Gasteiger charge is -2.25. The van der Waals surface area contributed by atoms with E-state index in [9.17, 15) is 0 Å². The van der Waals surface area contributed by atoms with Crippen molar-refractivity contribution in [3.63, 3.8) is 0 Å². The Kier molecular flexibility index (Phi) is 3.99. The van der Waals surface area contributed by atoms with Gasteiger partial charge in [-0.15, -0.1) is 0 Å². The van der Waals surface area contributed by atoms with Crippen LogP contribution in [0.5, 0.6) is 0 Å². The minimum atomic E-state index is -0.0663. The first-order valence-electron chi connectivity index (χ1n) is 5.73. The van der Waals surface area contributed by atoms with Gasteiger partial charge in [-0.1, -0.05) is 0 Å². The van der Waals surface area contributed by atoms with Crippen molar-refractivity contribution in [3.05, 3.63) is 28.9 Å². The number of halogens is 1. The number of rotatable bonds is 5. The molecule has 5 nitrogen and oxygen atoms in total. The molecule has 0 aromatic carbocycles. The van der Waals surface area contributed by atoms with E-state index in [-0.39, 0.29) is 5.54 Å². The molecule has 0 fully saturated rings. The molecule has 98 valence electrons. The average molecular weight is 313 g/mol. The van der Waals surface area contributed by atoms with E-state index < -0.39 is 0 Å². The van der Waals surface area contributed by atoms with Gasteiger partial charge in [-0.3, -0.25) is 4.40 Å². The predicted molar refractivity (Wildman–Crippen MR) is 73.5 cm³/mol. The number of imidazole rings is 1. The van der Waals surface area contributed by atoms with Crippen molar-refractivity contribution < 1.29 is 4.74 Å². The predicted octanol–water partition coefficient (Wildman–Crippen LogP) is 2.01. The fourth-order valence-corrected chi connectivity index (χ4v) is 2.10. The van der Waals surface area contributed by atoms with Crippen LogP contribution in [-0.4, -0.2) is 33.6 Å². The third kappa shape index (κ3) is 3.07. The molecule has 0 spiro atoms. The molecule has 2 heterocycles. The number of ether oxygens (including phenoxy) is 1. The number of methoxy groups -OCH3 is 1. The second-order valence-electron chi connectivity index (χ2n) is 4.86. The summed E-state index contributed by atoms with van der Waals surface area (Å²) in [5, 5.41) is 3.45. The Bertz CT molecular complexity index is 538. The molecule has 0 bridgehead atoms. The Labute approximate surface area is 115 Å². The van der Waals surface area contributed by atoms with E-state index in [0.717, 1.165) is 22.5 Å². The molecule has 0 saturated carbocycles. The number of aromatic nitrogens is 3. The monoisotopic (exact) mass is 312 g/mol. The van der Waals surface area contributed by atoms with E-state index >= 15 is 0 Å². The van der Waals surface area contributed by atoms with E-state index in [1.807, 2.05) is 16.8 Å². The summed E-state index contributed by atoms with van der Waals surface area (Å²) in [6.07, 6.45) is 5.52. The smallest absolute Gasteiger partial charge is 0.155 e. The number of nitrogens with one attached hydrogen (secondary N) is 1. The Morgan fingerprint density at radius 2 is 2.17 bits per heavy atom. The summed E-state index contributed by atoms with van der Waals surface area (Å²) in [5.74, 6) is 0. The minimum Gasteiger partial charge on any atom is -0.383 e. The third-order valence-electron chi connectivity index (χ3n) is 2.69. The highest BCUT2D eigenvalue weighted by molar-refractivity contribution is 9.10. The van der Waals surface area contributed by atoms with Gasteiger partial charge < -0.3 is 10.1 Å². The molecule has 2 rings (SSSR count). The van der Waals surface area contributed by atoms with Crippen molar-refractivity contribution in [1.82, 2.24) is 19.7 Å². The van der Waals surface area contributed by atoms with E-state index in [2.05, 4.69) is 45.1 Å². The normalized spacial score (nSPS) is 12.2. The van der Waals surface area contributed by atoms with Gasteiger partial charge in [0.2, 0.25) is 0 Å². The highest BCUT2D eigenvalue weighted by Gasteiger charge is 2.17. The fourth-order valence-electron chi connectivity index (χ4n) is 1.79. The molecule has 0 unspecified atom stereocenters. The van der Waals surface area contributed by atoms with E-state index in [0.29, 0.717) is 6.61 Å². The largest absolute Gasteiger partial charge is 0.383 e. The van der Waals surface area contributed by atoms with Crippen LogP contribution in [0.1, 0.15) is 19.5 Å². The van der Waals surface area contributed by atoms with Crippen LogP contribution in [-0.2, 0) is 11.3 Å². The number of nitrogens with zero attached hydrogens (tertiary/aromatic N) is 3. The van der Waals surface area contributed by atoms with Crippen molar-refractivity contribution in [1.29, 1.82) is 0 Å². The molecular weight excluding hydrogens is 296 g/mol. The van der Waals surface area contributed by atoms with Crippen molar-refractivity contribution >= 4 is 21.6 Å². The summed E-state index contributed by atoms with van der Waals surface area (Å²) in [4.78, 5) is 8.47. The second-order valence-corrected chi connectivity index (χ2v) is 5.67. The molecule has 0 atom stereocenters. The molecule has 18 heavy (non-hydrogen) atoms. The van der Waals surface area contributed by atoms with Gasteiger partial charge in [-0.25, -0.2) is 9.97 Å². The van der Waals surface area contributed by atoms with Gasteiger partial charge in [-0.2, -0.15) is 0 Å². The summed E-state index contributed by atoms with van der Waals surface area (Å²) in [6, 6.07) is 0. The van der Waals surface area contributed by atoms with Crippen LogP contribution < -0.4 is 5.32 Å². The molecule has 2 aromatic rings. The van der Waals surface area contributed by atoms with Crippen molar-refractivity contribution in [3.8, 4) is 0 Å². The molecule has 1 N–H and O–H groups in total. The van der Waals surface area contributed by atoms with Crippen LogP contribution >= 0.6 is 15.9 Å². The summed E-state index contributed by atoms with van der Waals surface area (Å²) in [7, 11) is 1.71. The number of hydrogen-bond acceptors (Lipinski definition) is 4. The molecular formula is C12H17BrN4O. The van der Waals surface area contributed by atoms with Crippen molar-refractivity contribution in [2.75, 3.05) is 13.7 Å². The quantitative estimate of drug-likeness (QED) is 0.917. The van der Waals surface area contributed by atoms with Crippen LogP contribution in [0, 0.1) is 0 Å². The zero-order valence-electron chi connectivity index (χ0n) is 10.8. The highest BCUT2D eigenvalue weighted by atomic mass is 79.9. The van der Waals surface area contributed by atoms with Gasteiger partial charge in [0.15, 0.2) is 5.65 Å². The maximum Gasteiger partial charge on any atom is 0.155 e. The van der Waals surface area contributed by atoms with E-state index in [4.69, 9.17) is 4.74 Å². The topological polar surface area (TPSA) is 51.5 Å². The molecule has 0 saturated heterocycles. The van der Waals surface area contributed by atoms with Gasteiger partial charge in [0.1, 0.15) is 4.60 Å². The molecule has 2 aromatic heterocycles. The van der Waals surface area contributed by atoms with Crippen LogP contribution in [0.2, 0.25) is 0 Å². The van der Waals surface area contributed by atoms with Gasteiger partial charge in [0.05, 0.1) is 24.7 Å². The first-order valence-corrected chi connectivity index (χ1v) is 6.52. The Hall–Kier alpha value is -0.980. The highest BCUT2D eigenvalue weighted by Crippen LogP contribution is 2.12. The molecule has 0 amide bonds. The fraction of sp³-hybridized carbons (Fsp3) is 0.500. The first-order chi connectivity index (χ1) is 8.52. The molecule has 0 aliphatic carbocycles. The van der Waals surface area contributed by atoms with Crippen molar-refractivity contribution in [2.24, 2.45) is 0 Å². The number of fused-ring (bicyclic) bond motifs is 1. The molecule has 0 aliphatic rings. The molecule has 0 radical (unpaired) electrons. The maximum absolute atomic E-state index is 5.18. The van der Waals surface area contributed by atoms with Crippen LogP contribution in [0.15, 0.2) is 23.2 Å². The third-order valence-corrected chi connectivity index (χ3v) is 3.10. The van der Waals surface area contributed by atoms with Crippen LogP contribution in [0.4, 0.5) is 0 Å². The summed E-state index contributed by atoms with van der Waals surface area (Å²) >= 11 is 3.37. The van der Waals surface area contributed by atoms with Gasteiger partial charge in [-0.05, 0) is 29.8 Å². The number of hydrogen-bond donors (Lipinski definition) is 1. The van der Waals surface area contributed by atoms with Gasteiger partial charge in [0, 0.05) is 25.4 Å². The summed E-state index contributed by atoms with van der Waals surface area (Å²) in [6.45, 7) is 5.61. The van der Waals surface area contributed by atoms with Gasteiger partial charge >= 0.3 is 0 Å². The Morgan fingerprint density at radius 3 is 2.89 bits per heavy atom. The zero-order valence-corrected chi connectivity index (χ0v) is 12.4. The lowest BCUT2D eigenvalue weighted by Crippen LogP contribution is -2.42. The standard InChI is InChI=1S/C12H17BrN4O/c1-12(2,8-18-3)16-5-9-4-15-11-6-14-10(13)7-17(9)11/h4,6-7,16H,5,8H2,1-3H3. The maximum atomic E-state index is 5.18. The Morgan fingerprint density at radius 1 is 1.39 bits per heavy atom. The van der Waals surface area contributed by atoms with Crippen LogP contribution in [0.25, 0.3) is 5.65 Å². The Balaban J connectivity index is 2.15. The minimum absolute atomic E-state index is 0.0663. The molecule has 0 aliphatic heterocycles. The lowest BCUT2D eigenvalue weighted by molar-refractivity contribution is 0.127. The zero-order chi connectivity index (χ0) is 13.2. The van der Waals surface area contributed by atoms with E-state index in [1.165, 1.54) is 0 Å². The van der Waals surface area contributed by atoms with E-state index in [1.54, 1.807) is 13.3 Å².